The second-order valence-electron chi connectivity index (χ2n) is 5.82. The molecule has 134 valence electrons. The Balaban J connectivity index is 2.07. The van der Waals surface area contributed by atoms with Crippen molar-refractivity contribution >= 4 is 11.9 Å². The number of benzene rings is 1. The molecule has 2 aromatic rings. The van der Waals surface area contributed by atoms with Crippen molar-refractivity contribution in [3.05, 3.63) is 23.5 Å². The maximum atomic E-state index is 11.3. The average Bonchev–Trinajstić information content (AvgIpc) is 3.01. The van der Waals surface area contributed by atoms with E-state index in [9.17, 15) is 4.79 Å². The smallest absolute Gasteiger partial charge is 0.248 e. The van der Waals surface area contributed by atoms with Gasteiger partial charge in [-0.25, -0.2) is 4.68 Å². The van der Waals surface area contributed by atoms with Gasteiger partial charge in [-0.3, -0.25) is 10.1 Å². The van der Waals surface area contributed by atoms with Crippen molar-refractivity contribution in [2.75, 3.05) is 26.6 Å². The Hall–Kier alpha value is -2.77. The molecule has 0 bridgehead atoms. The lowest BCUT2D eigenvalue weighted by atomic mass is 9.90. The molecule has 1 N–H and O–H groups in total. The number of carbonyl (C=O) groups is 1. The average molecular weight is 346 g/mol. The van der Waals surface area contributed by atoms with Crippen LogP contribution in [-0.2, 0) is 11.3 Å². The van der Waals surface area contributed by atoms with Crippen molar-refractivity contribution in [3.63, 3.8) is 0 Å². The van der Waals surface area contributed by atoms with Gasteiger partial charge in [0.2, 0.25) is 17.6 Å². The van der Waals surface area contributed by atoms with Crippen molar-refractivity contribution in [1.29, 1.82) is 0 Å². The summed E-state index contributed by atoms with van der Waals surface area (Å²) in [6.45, 7) is 2.21. The molecule has 8 heteroatoms. The number of fused-ring (bicyclic) bond motifs is 1. The first-order valence-corrected chi connectivity index (χ1v) is 8.10. The molecule has 1 unspecified atom stereocenters. The van der Waals surface area contributed by atoms with Crippen molar-refractivity contribution in [2.24, 2.45) is 0 Å². The number of methoxy groups -OCH3 is 3. The monoisotopic (exact) mass is 346 g/mol. The number of carbonyl (C=O) groups excluding carboxylic acids is 1. The van der Waals surface area contributed by atoms with E-state index in [2.05, 4.69) is 15.4 Å². The molecule has 0 saturated heterocycles. The van der Waals surface area contributed by atoms with Crippen molar-refractivity contribution < 1.29 is 19.0 Å². The lowest BCUT2D eigenvalue weighted by Crippen LogP contribution is -2.18. The van der Waals surface area contributed by atoms with Gasteiger partial charge in [0.05, 0.1) is 21.3 Å². The Bertz CT molecular complexity index is 787. The van der Waals surface area contributed by atoms with Gasteiger partial charge in [0.1, 0.15) is 5.82 Å². The van der Waals surface area contributed by atoms with Crippen LogP contribution in [0.1, 0.15) is 37.1 Å². The number of nitrogens with zero attached hydrogens (tertiary/aromatic N) is 3. The molecule has 25 heavy (non-hydrogen) atoms. The van der Waals surface area contributed by atoms with Gasteiger partial charge < -0.3 is 14.2 Å². The summed E-state index contributed by atoms with van der Waals surface area (Å²) in [5.41, 5.74) is 0.961. The Morgan fingerprint density at radius 2 is 1.96 bits per heavy atom. The molecule has 0 fully saturated rings. The van der Waals surface area contributed by atoms with Crippen molar-refractivity contribution in [1.82, 2.24) is 14.8 Å². The van der Waals surface area contributed by atoms with E-state index in [1.54, 1.807) is 21.3 Å². The van der Waals surface area contributed by atoms with E-state index in [4.69, 9.17) is 14.2 Å². The fourth-order valence-electron chi connectivity index (χ4n) is 3.25. The molecular weight excluding hydrogens is 324 g/mol. The summed E-state index contributed by atoms with van der Waals surface area (Å²) in [5, 5.41) is 7.02. The molecular formula is C17H22N4O4. The number of rotatable bonds is 5. The minimum atomic E-state index is -0.191. The Morgan fingerprint density at radius 3 is 2.60 bits per heavy atom. The first-order valence-electron chi connectivity index (χ1n) is 8.10. The second-order valence-corrected chi connectivity index (χ2v) is 5.82. The maximum Gasteiger partial charge on any atom is 0.248 e. The predicted molar refractivity (Wildman–Crippen MR) is 91.5 cm³/mol. The number of hydrogen-bond donors (Lipinski definition) is 1. The molecule has 1 aliphatic rings. The van der Waals surface area contributed by atoms with Crippen LogP contribution in [0.2, 0.25) is 0 Å². The Labute approximate surface area is 146 Å². The minimum Gasteiger partial charge on any atom is -0.493 e. The van der Waals surface area contributed by atoms with Gasteiger partial charge in [0.15, 0.2) is 11.5 Å². The maximum absolute atomic E-state index is 11.3. The zero-order valence-electron chi connectivity index (χ0n) is 14.8. The van der Waals surface area contributed by atoms with E-state index in [0.717, 1.165) is 30.8 Å². The van der Waals surface area contributed by atoms with Crippen LogP contribution in [0, 0.1) is 0 Å². The molecule has 8 nitrogen and oxygen atoms in total. The van der Waals surface area contributed by atoms with Gasteiger partial charge >= 0.3 is 0 Å². The largest absolute Gasteiger partial charge is 0.493 e. The number of ether oxygens (including phenoxy) is 3. The summed E-state index contributed by atoms with van der Waals surface area (Å²) in [6, 6.07) is 3.83. The van der Waals surface area contributed by atoms with Crippen LogP contribution in [0.4, 0.5) is 5.95 Å². The van der Waals surface area contributed by atoms with Crippen LogP contribution in [0.25, 0.3) is 0 Å². The van der Waals surface area contributed by atoms with Gasteiger partial charge in [0.25, 0.3) is 0 Å². The lowest BCUT2D eigenvalue weighted by Gasteiger charge is -2.25. The molecule has 0 radical (unpaired) electrons. The molecule has 1 amide bonds. The molecule has 0 aliphatic carbocycles. The number of anilines is 1. The highest BCUT2D eigenvalue weighted by atomic mass is 16.5. The van der Waals surface area contributed by atoms with Crippen LogP contribution in [0.15, 0.2) is 12.1 Å². The zero-order valence-corrected chi connectivity index (χ0v) is 14.8. The highest BCUT2D eigenvalue weighted by molar-refractivity contribution is 5.86. The van der Waals surface area contributed by atoms with Crippen LogP contribution in [0.5, 0.6) is 17.2 Å². The Morgan fingerprint density at radius 1 is 1.20 bits per heavy atom. The predicted octanol–water partition coefficient (Wildman–Crippen LogP) is 2.19. The molecule has 0 spiro atoms. The molecule has 0 saturated carbocycles. The number of amides is 1. The fourth-order valence-corrected chi connectivity index (χ4v) is 3.25. The highest BCUT2D eigenvalue weighted by Gasteiger charge is 2.30. The summed E-state index contributed by atoms with van der Waals surface area (Å²) < 4.78 is 18.3. The van der Waals surface area contributed by atoms with E-state index < -0.39 is 0 Å². The third-order valence-electron chi connectivity index (χ3n) is 4.27. The van der Waals surface area contributed by atoms with Crippen molar-refractivity contribution in [2.45, 2.75) is 32.2 Å². The van der Waals surface area contributed by atoms with Crippen LogP contribution in [0.3, 0.4) is 0 Å². The summed E-state index contributed by atoms with van der Waals surface area (Å²) in [5.74, 6) is 2.74. The molecule has 1 atom stereocenters. The summed E-state index contributed by atoms with van der Waals surface area (Å²) in [6.07, 6.45) is 1.86. The lowest BCUT2D eigenvalue weighted by molar-refractivity contribution is -0.114. The first-order chi connectivity index (χ1) is 12.1. The second kappa shape index (κ2) is 7.00. The number of nitrogens with one attached hydrogen (secondary N) is 1. The van der Waals surface area contributed by atoms with Gasteiger partial charge in [-0.1, -0.05) is 6.07 Å². The number of aryl methyl sites for hydroxylation is 1. The summed E-state index contributed by atoms with van der Waals surface area (Å²) in [4.78, 5) is 15.8. The fraction of sp³-hybridized carbons (Fsp3) is 0.471. The van der Waals surface area contributed by atoms with E-state index in [1.165, 1.54) is 6.92 Å². The van der Waals surface area contributed by atoms with E-state index in [0.29, 0.717) is 23.2 Å². The molecule has 3 rings (SSSR count). The normalized spacial score (nSPS) is 16.1. The number of hydrogen-bond acceptors (Lipinski definition) is 6. The van der Waals surface area contributed by atoms with E-state index in [1.807, 2.05) is 16.8 Å². The van der Waals surface area contributed by atoms with Crippen LogP contribution in [-0.4, -0.2) is 42.0 Å². The van der Waals surface area contributed by atoms with Crippen LogP contribution < -0.4 is 19.5 Å². The van der Waals surface area contributed by atoms with E-state index in [-0.39, 0.29) is 11.8 Å². The van der Waals surface area contributed by atoms with Gasteiger partial charge in [-0.2, -0.15) is 4.98 Å². The van der Waals surface area contributed by atoms with Gasteiger partial charge in [-0.15, -0.1) is 5.10 Å². The highest BCUT2D eigenvalue weighted by Crippen LogP contribution is 2.46. The topological polar surface area (TPSA) is 87.5 Å². The third-order valence-corrected chi connectivity index (χ3v) is 4.27. The molecule has 2 heterocycles. The Kier molecular flexibility index (Phi) is 4.78. The zero-order chi connectivity index (χ0) is 18.0. The number of aromatic nitrogens is 3. The molecule has 1 aliphatic heterocycles. The van der Waals surface area contributed by atoms with Gasteiger partial charge in [0, 0.05) is 24.9 Å². The molecule has 1 aromatic carbocycles. The quantitative estimate of drug-likeness (QED) is 0.893. The van der Waals surface area contributed by atoms with Gasteiger partial charge in [-0.05, 0) is 18.9 Å². The van der Waals surface area contributed by atoms with Crippen molar-refractivity contribution in [3.8, 4) is 17.2 Å². The minimum absolute atomic E-state index is 0.00138. The SMILES string of the molecule is COc1ccc(C2CCCn3nc(NC(C)=O)nc32)c(OC)c1OC. The third kappa shape index (κ3) is 3.11. The standard InChI is InChI=1S/C17H22N4O4/c1-10(22)18-17-19-16-12(6-5-9-21(16)20-17)11-7-8-13(23-2)15(25-4)14(11)24-3/h7-8,12H,5-6,9H2,1-4H3,(H,18,20,22). The molecule has 1 aromatic heterocycles. The summed E-state index contributed by atoms with van der Waals surface area (Å²) in [7, 11) is 4.79. The summed E-state index contributed by atoms with van der Waals surface area (Å²) >= 11 is 0. The van der Waals surface area contributed by atoms with E-state index >= 15 is 0 Å². The first kappa shape index (κ1) is 17.1. The van der Waals surface area contributed by atoms with Crippen LogP contribution >= 0.6 is 0 Å².